The van der Waals surface area contributed by atoms with E-state index >= 15 is 0 Å². The van der Waals surface area contributed by atoms with Gasteiger partial charge in [0, 0.05) is 6.26 Å². The lowest BCUT2D eigenvalue weighted by molar-refractivity contribution is 0.232. The van der Waals surface area contributed by atoms with E-state index in [1.165, 1.54) is 47.5 Å². The summed E-state index contributed by atoms with van der Waals surface area (Å²) >= 11 is 0. The molecule has 0 amide bonds. The number of rotatable bonds is 6. The van der Waals surface area contributed by atoms with Crippen molar-refractivity contribution < 1.29 is 8.42 Å². The number of nitrogens with zero attached hydrogens (tertiary/aromatic N) is 1. The Hall–Kier alpha value is -2.24. The highest BCUT2D eigenvalue weighted by Gasteiger charge is 2.53. The lowest BCUT2D eigenvalue weighted by Gasteiger charge is -2.32. The summed E-state index contributed by atoms with van der Waals surface area (Å²) < 4.78 is 28.1. The molecule has 3 nitrogen and oxygen atoms in total. The summed E-state index contributed by atoms with van der Waals surface area (Å²) in [6.07, 6.45) is 8.31. The van der Waals surface area contributed by atoms with Gasteiger partial charge in [0.2, 0.25) is 0 Å². The van der Waals surface area contributed by atoms with Crippen molar-refractivity contribution in [2.75, 3.05) is 6.26 Å². The van der Waals surface area contributed by atoms with Gasteiger partial charge in [0.25, 0.3) is 0 Å². The molecule has 3 aliphatic rings. The van der Waals surface area contributed by atoms with Crippen molar-refractivity contribution >= 4 is 26.6 Å². The fourth-order valence-electron chi connectivity index (χ4n) is 7.13. The smallest absolute Gasteiger partial charge is 0.166 e. The third-order valence-electron chi connectivity index (χ3n) is 8.30. The second-order valence-electron chi connectivity index (χ2n) is 10.2. The Kier molecular flexibility index (Phi) is 5.73. The molecular weight excluding hydrogens is 458 g/mol. The maximum Gasteiger partial charge on any atom is 0.166 e. The molecule has 5 heteroatoms. The standard InChI is InChI=1S/C29H31NO2S2/c1-34(31,32)30-28-12-5-6-13-29(28)33(22-8-3-2-4-9-22)23-16-14-20(15-17-23)26-18-21-19-27(26)25-11-7-10-24(21)25/h2-6,8-9,12-17,21,24-27H,7,10-11,18-19H2,1H3. The van der Waals surface area contributed by atoms with E-state index < -0.39 is 20.9 Å². The normalized spacial score (nSPS) is 28.6. The summed E-state index contributed by atoms with van der Waals surface area (Å²) in [5, 5.41) is 0. The molecule has 0 spiro atoms. The molecule has 6 unspecified atom stereocenters. The van der Waals surface area contributed by atoms with Crippen LogP contribution in [-0.4, -0.2) is 14.7 Å². The average Bonchev–Trinajstić information content (AvgIpc) is 3.55. The lowest BCUT2D eigenvalue weighted by Crippen LogP contribution is -2.23. The van der Waals surface area contributed by atoms with Crippen LogP contribution in [0.5, 0.6) is 0 Å². The summed E-state index contributed by atoms with van der Waals surface area (Å²) in [6.45, 7) is 0. The number of hydrogen-bond donors (Lipinski definition) is 0. The number of fused-ring (bicyclic) bond motifs is 5. The SMILES string of the molecule is CS(=O)(=O)[N-]c1ccccc1[S+](c1ccccc1)c1ccc(C2CC3CC2C2CCCC32)cc1. The number of hydrogen-bond acceptors (Lipinski definition) is 2. The Balaban J connectivity index is 1.35. The Morgan fingerprint density at radius 1 is 0.765 bits per heavy atom. The minimum Gasteiger partial charge on any atom is -0.573 e. The molecule has 3 aliphatic carbocycles. The fraction of sp³-hybridized carbons (Fsp3) is 0.379. The molecule has 6 rings (SSSR count). The summed E-state index contributed by atoms with van der Waals surface area (Å²) in [7, 11) is -3.93. The van der Waals surface area contributed by atoms with Crippen LogP contribution in [0.1, 0.15) is 43.6 Å². The van der Waals surface area contributed by atoms with Gasteiger partial charge in [-0.05, 0) is 91.2 Å². The summed E-state index contributed by atoms with van der Waals surface area (Å²) in [6, 6.07) is 27.3. The third-order valence-corrected chi connectivity index (χ3v) is 11.1. The van der Waals surface area contributed by atoms with Gasteiger partial charge in [-0.1, -0.05) is 60.6 Å². The van der Waals surface area contributed by atoms with Crippen molar-refractivity contribution in [1.29, 1.82) is 0 Å². The summed E-state index contributed by atoms with van der Waals surface area (Å²) in [4.78, 5) is 3.31. The van der Waals surface area contributed by atoms with E-state index in [-0.39, 0.29) is 0 Å². The van der Waals surface area contributed by atoms with Crippen LogP contribution in [0.25, 0.3) is 4.72 Å². The second-order valence-corrected chi connectivity index (χ2v) is 13.9. The first kappa shape index (κ1) is 22.2. The molecule has 0 aliphatic heterocycles. The molecular formula is C29H31NO2S2. The third kappa shape index (κ3) is 4.07. The van der Waals surface area contributed by atoms with Gasteiger partial charge in [0.15, 0.2) is 14.7 Å². The molecule has 34 heavy (non-hydrogen) atoms. The van der Waals surface area contributed by atoms with Crippen molar-refractivity contribution in [3.05, 3.63) is 89.1 Å². The highest BCUT2D eigenvalue weighted by atomic mass is 32.2. The molecule has 3 aromatic carbocycles. The van der Waals surface area contributed by atoms with Crippen LogP contribution in [-0.2, 0) is 20.9 Å². The molecule has 3 aromatic rings. The van der Waals surface area contributed by atoms with E-state index in [1.807, 2.05) is 36.4 Å². The minimum absolute atomic E-state index is 0.435. The highest BCUT2D eigenvalue weighted by molar-refractivity contribution is 7.97. The van der Waals surface area contributed by atoms with Gasteiger partial charge in [-0.3, -0.25) is 0 Å². The van der Waals surface area contributed by atoms with E-state index in [9.17, 15) is 8.42 Å². The first-order chi connectivity index (χ1) is 16.5. The zero-order valence-electron chi connectivity index (χ0n) is 19.5. The molecule has 3 fully saturated rings. The van der Waals surface area contributed by atoms with Gasteiger partial charge >= 0.3 is 0 Å². The van der Waals surface area contributed by atoms with E-state index in [0.717, 1.165) is 34.8 Å². The quantitative estimate of drug-likeness (QED) is 0.341. The largest absolute Gasteiger partial charge is 0.573 e. The summed E-state index contributed by atoms with van der Waals surface area (Å²) in [5.74, 6) is 4.52. The fourth-order valence-corrected chi connectivity index (χ4v) is 9.86. The minimum atomic E-state index is -3.50. The van der Waals surface area contributed by atoms with E-state index in [4.69, 9.17) is 0 Å². The van der Waals surface area contributed by atoms with Gasteiger partial charge in [-0.2, -0.15) is 0 Å². The molecule has 0 N–H and O–H groups in total. The van der Waals surface area contributed by atoms with Crippen LogP contribution >= 0.6 is 0 Å². The number of sulfonamides is 1. The topological polar surface area (TPSA) is 48.2 Å². The molecule has 6 atom stereocenters. The van der Waals surface area contributed by atoms with Crippen molar-refractivity contribution in [3.8, 4) is 0 Å². The van der Waals surface area contributed by atoms with E-state index in [2.05, 4.69) is 41.1 Å². The van der Waals surface area contributed by atoms with Gasteiger partial charge in [0.1, 0.15) is 0 Å². The Bertz CT molecular complexity index is 1270. The molecule has 0 saturated heterocycles. The number of benzene rings is 3. The van der Waals surface area contributed by atoms with Crippen LogP contribution in [0.2, 0.25) is 0 Å². The Labute approximate surface area is 206 Å². The van der Waals surface area contributed by atoms with Crippen LogP contribution in [0.3, 0.4) is 0 Å². The molecule has 0 aromatic heterocycles. The molecule has 176 valence electrons. The van der Waals surface area contributed by atoms with Crippen molar-refractivity contribution in [3.63, 3.8) is 0 Å². The predicted octanol–water partition coefficient (Wildman–Crippen LogP) is 7.29. The van der Waals surface area contributed by atoms with Gasteiger partial charge in [0.05, 0.1) is 20.9 Å². The maximum atomic E-state index is 12.0. The Morgan fingerprint density at radius 3 is 2.21 bits per heavy atom. The van der Waals surface area contributed by atoms with Gasteiger partial charge < -0.3 is 4.72 Å². The van der Waals surface area contributed by atoms with Gasteiger partial charge in [-0.25, -0.2) is 8.42 Å². The van der Waals surface area contributed by atoms with E-state index in [0.29, 0.717) is 11.6 Å². The predicted molar refractivity (Wildman–Crippen MR) is 139 cm³/mol. The monoisotopic (exact) mass is 489 g/mol. The molecule has 0 heterocycles. The summed E-state index contributed by atoms with van der Waals surface area (Å²) in [5.41, 5.74) is 2.02. The van der Waals surface area contributed by atoms with E-state index in [1.54, 1.807) is 6.07 Å². The maximum absolute atomic E-state index is 12.0. The first-order valence-electron chi connectivity index (χ1n) is 12.4. The van der Waals surface area contributed by atoms with Crippen molar-refractivity contribution in [1.82, 2.24) is 0 Å². The van der Waals surface area contributed by atoms with Crippen LogP contribution < -0.4 is 0 Å². The van der Waals surface area contributed by atoms with Gasteiger partial charge in [-0.15, -0.1) is 0 Å². The van der Waals surface area contributed by atoms with Crippen LogP contribution in [0, 0.1) is 23.7 Å². The van der Waals surface area contributed by atoms with Crippen LogP contribution in [0.15, 0.2) is 93.5 Å². The lowest BCUT2D eigenvalue weighted by atomic mass is 9.73. The Morgan fingerprint density at radius 2 is 1.44 bits per heavy atom. The highest BCUT2D eigenvalue weighted by Crippen LogP contribution is 2.63. The molecule has 0 radical (unpaired) electrons. The van der Waals surface area contributed by atoms with Crippen molar-refractivity contribution in [2.45, 2.75) is 52.7 Å². The molecule has 2 bridgehead atoms. The average molecular weight is 490 g/mol. The molecule has 3 saturated carbocycles. The van der Waals surface area contributed by atoms with Crippen LogP contribution in [0.4, 0.5) is 5.69 Å². The first-order valence-corrected chi connectivity index (χ1v) is 15.5. The van der Waals surface area contributed by atoms with Crippen molar-refractivity contribution in [2.24, 2.45) is 23.7 Å². The zero-order chi connectivity index (χ0) is 23.3. The second kappa shape index (κ2) is 8.76. The zero-order valence-corrected chi connectivity index (χ0v) is 21.1.